The number of carbonyl (C=O) groups excluding carboxylic acids is 1. The van der Waals surface area contributed by atoms with E-state index in [9.17, 15) is 20.1 Å². The largest absolute Gasteiger partial charge is 0.394 e. The molecule has 5 nitrogen and oxygen atoms in total. The molecule has 292 valence electrons. The summed E-state index contributed by atoms with van der Waals surface area (Å²) in [4.78, 5) is 12.4. The van der Waals surface area contributed by atoms with Crippen LogP contribution in [-0.2, 0) is 4.79 Å². The number of amides is 1. The lowest BCUT2D eigenvalue weighted by Gasteiger charge is -2.21. The van der Waals surface area contributed by atoms with Gasteiger partial charge in [-0.15, -0.1) is 0 Å². The van der Waals surface area contributed by atoms with Crippen LogP contribution in [0, 0.1) is 0 Å². The summed E-state index contributed by atoms with van der Waals surface area (Å²) in [7, 11) is 0. The van der Waals surface area contributed by atoms with Crippen LogP contribution in [0.15, 0.2) is 48.6 Å². The molecule has 0 aromatic carbocycles. The molecule has 4 N–H and O–H groups in total. The molecule has 0 saturated carbocycles. The highest BCUT2D eigenvalue weighted by Gasteiger charge is 2.22. The van der Waals surface area contributed by atoms with Crippen molar-refractivity contribution in [1.29, 1.82) is 0 Å². The maximum absolute atomic E-state index is 12.4. The quantitative estimate of drug-likeness (QED) is 0.0381. The van der Waals surface area contributed by atoms with Gasteiger partial charge in [-0.25, -0.2) is 0 Å². The molecule has 3 atom stereocenters. The van der Waals surface area contributed by atoms with Gasteiger partial charge in [0.1, 0.15) is 6.10 Å². The van der Waals surface area contributed by atoms with E-state index in [-0.39, 0.29) is 6.61 Å². The van der Waals surface area contributed by atoms with Crippen LogP contribution in [0.4, 0.5) is 0 Å². The van der Waals surface area contributed by atoms with Crippen molar-refractivity contribution >= 4 is 5.91 Å². The zero-order valence-corrected chi connectivity index (χ0v) is 33.0. The molecule has 1 amide bonds. The smallest absolute Gasteiger partial charge is 0.249 e. The summed E-state index contributed by atoms with van der Waals surface area (Å²) in [6.45, 7) is 4.14. The minimum atomic E-state index is -1.11. The van der Waals surface area contributed by atoms with Gasteiger partial charge in [0.25, 0.3) is 0 Å². The normalized spacial score (nSPS) is 14.1. The first-order valence-corrected chi connectivity index (χ1v) is 21.5. The summed E-state index contributed by atoms with van der Waals surface area (Å²) < 4.78 is 0. The molecule has 0 bridgehead atoms. The Morgan fingerprint density at radius 1 is 0.500 bits per heavy atom. The molecular weight excluding hydrogens is 618 g/mol. The molecule has 0 aliphatic rings. The summed E-state index contributed by atoms with van der Waals surface area (Å²) in [6, 6.07) is -0.816. The van der Waals surface area contributed by atoms with Crippen molar-refractivity contribution in [1.82, 2.24) is 5.32 Å². The van der Waals surface area contributed by atoms with E-state index in [0.29, 0.717) is 6.42 Å². The van der Waals surface area contributed by atoms with E-state index < -0.39 is 24.2 Å². The van der Waals surface area contributed by atoms with Gasteiger partial charge >= 0.3 is 0 Å². The Bertz CT molecular complexity index is 820. The van der Waals surface area contributed by atoms with Gasteiger partial charge in [-0.3, -0.25) is 4.79 Å². The monoisotopic (exact) mass is 702 g/mol. The van der Waals surface area contributed by atoms with E-state index in [1.54, 1.807) is 6.08 Å². The SMILES string of the molecule is CCCCCCCC/C=C/CC/C=C/C(O)C(CO)NC(=O)C(O)CCCCCCCCCC/C=C\C/C=C\CCCCCCCCCCC. The lowest BCUT2D eigenvalue weighted by molar-refractivity contribution is -0.131. The zero-order chi connectivity index (χ0) is 36.6. The third-order valence-corrected chi connectivity index (χ3v) is 9.64. The predicted octanol–water partition coefficient (Wildman–Crippen LogP) is 12.2. The number of nitrogens with one attached hydrogen (secondary N) is 1. The Labute approximate surface area is 310 Å². The molecule has 0 heterocycles. The molecule has 0 aromatic heterocycles. The van der Waals surface area contributed by atoms with Gasteiger partial charge < -0.3 is 20.6 Å². The van der Waals surface area contributed by atoms with Crippen molar-refractivity contribution in [3.8, 4) is 0 Å². The topological polar surface area (TPSA) is 89.8 Å². The van der Waals surface area contributed by atoms with E-state index in [0.717, 1.165) is 44.9 Å². The van der Waals surface area contributed by atoms with Crippen LogP contribution >= 0.6 is 0 Å². The van der Waals surface area contributed by atoms with Crippen molar-refractivity contribution in [3.05, 3.63) is 48.6 Å². The number of aliphatic hydroxyl groups excluding tert-OH is 3. The minimum Gasteiger partial charge on any atom is -0.394 e. The molecule has 0 spiro atoms. The highest BCUT2D eigenvalue weighted by molar-refractivity contribution is 5.80. The second kappa shape index (κ2) is 40.1. The molecule has 5 heteroatoms. The summed E-state index contributed by atoms with van der Waals surface area (Å²) in [6.07, 6.45) is 51.4. The average molecular weight is 702 g/mol. The summed E-state index contributed by atoms with van der Waals surface area (Å²) >= 11 is 0. The third-order valence-electron chi connectivity index (χ3n) is 9.64. The van der Waals surface area contributed by atoms with Gasteiger partial charge in [-0.05, 0) is 64.2 Å². The highest BCUT2D eigenvalue weighted by Crippen LogP contribution is 2.14. The van der Waals surface area contributed by atoms with E-state index in [4.69, 9.17) is 0 Å². The first-order valence-electron chi connectivity index (χ1n) is 21.5. The van der Waals surface area contributed by atoms with Crippen molar-refractivity contribution < 1.29 is 20.1 Å². The van der Waals surface area contributed by atoms with E-state index in [1.165, 1.54) is 141 Å². The number of aliphatic hydroxyl groups is 3. The van der Waals surface area contributed by atoms with Crippen LogP contribution in [0.5, 0.6) is 0 Å². The van der Waals surface area contributed by atoms with Crippen LogP contribution in [0.2, 0.25) is 0 Å². The van der Waals surface area contributed by atoms with Crippen LogP contribution in [-0.4, -0.2) is 46.1 Å². The Morgan fingerprint density at radius 2 is 0.880 bits per heavy atom. The molecule has 0 saturated heterocycles. The first kappa shape index (κ1) is 48.3. The van der Waals surface area contributed by atoms with Gasteiger partial charge in [0, 0.05) is 0 Å². The van der Waals surface area contributed by atoms with Gasteiger partial charge in [0.05, 0.1) is 18.8 Å². The maximum Gasteiger partial charge on any atom is 0.249 e. The van der Waals surface area contributed by atoms with Crippen molar-refractivity contribution in [2.45, 2.75) is 225 Å². The summed E-state index contributed by atoms with van der Waals surface area (Å²) in [5, 5.41) is 33.0. The number of hydrogen-bond acceptors (Lipinski definition) is 4. The van der Waals surface area contributed by atoms with Crippen molar-refractivity contribution in [2.24, 2.45) is 0 Å². The van der Waals surface area contributed by atoms with Crippen molar-refractivity contribution in [3.63, 3.8) is 0 Å². The van der Waals surface area contributed by atoms with Gasteiger partial charge in [0.15, 0.2) is 0 Å². The van der Waals surface area contributed by atoms with Gasteiger partial charge in [-0.1, -0.05) is 191 Å². The highest BCUT2D eigenvalue weighted by atomic mass is 16.3. The molecule has 0 rings (SSSR count). The zero-order valence-electron chi connectivity index (χ0n) is 33.0. The Kier molecular flexibility index (Phi) is 38.7. The summed E-state index contributed by atoms with van der Waals surface area (Å²) in [5.41, 5.74) is 0. The van der Waals surface area contributed by atoms with E-state index >= 15 is 0 Å². The average Bonchev–Trinajstić information content (AvgIpc) is 3.12. The molecule has 3 unspecified atom stereocenters. The molecule has 0 aliphatic heterocycles. The number of allylic oxidation sites excluding steroid dienone is 7. The fourth-order valence-electron chi connectivity index (χ4n) is 6.23. The molecule has 0 fully saturated rings. The minimum absolute atomic E-state index is 0.380. The standard InChI is InChI=1S/C45H83NO4/c1-3-5-7-9-11-13-15-17-18-19-20-21-22-23-24-25-26-27-28-30-32-34-36-38-40-44(49)45(50)46-42(41-47)43(48)39-37-35-33-31-29-16-14-12-10-8-6-4-2/h20-21,23-24,29,31,37,39,42-44,47-49H,3-19,22,25-28,30,32-36,38,40-41H2,1-2H3,(H,46,50)/b21-20-,24-23-,31-29+,39-37+. The van der Waals surface area contributed by atoms with Crippen LogP contribution < -0.4 is 5.32 Å². The maximum atomic E-state index is 12.4. The third kappa shape index (κ3) is 34.7. The lowest BCUT2D eigenvalue weighted by Crippen LogP contribution is -2.48. The van der Waals surface area contributed by atoms with E-state index in [1.807, 2.05) is 6.08 Å². The van der Waals surface area contributed by atoms with Gasteiger partial charge in [-0.2, -0.15) is 0 Å². The fourth-order valence-corrected chi connectivity index (χ4v) is 6.23. The molecular formula is C45H83NO4. The molecule has 0 aromatic rings. The Morgan fingerprint density at radius 3 is 1.34 bits per heavy atom. The second-order valence-electron chi connectivity index (χ2n) is 14.5. The Hall–Kier alpha value is -1.69. The number of unbranched alkanes of at least 4 members (excludes halogenated alkanes) is 24. The van der Waals surface area contributed by atoms with Crippen LogP contribution in [0.3, 0.4) is 0 Å². The predicted molar refractivity (Wildman–Crippen MR) is 217 cm³/mol. The number of hydrogen-bond donors (Lipinski definition) is 4. The fraction of sp³-hybridized carbons (Fsp3) is 0.800. The second-order valence-corrected chi connectivity index (χ2v) is 14.5. The summed E-state index contributed by atoms with van der Waals surface area (Å²) in [5.74, 6) is -0.520. The van der Waals surface area contributed by atoms with Crippen LogP contribution in [0.1, 0.15) is 206 Å². The van der Waals surface area contributed by atoms with E-state index in [2.05, 4.69) is 55.6 Å². The van der Waals surface area contributed by atoms with Gasteiger partial charge in [0.2, 0.25) is 5.91 Å². The molecule has 0 aliphatic carbocycles. The Balaban J connectivity index is 3.70. The number of rotatable bonds is 38. The van der Waals surface area contributed by atoms with Crippen LogP contribution in [0.25, 0.3) is 0 Å². The molecule has 50 heavy (non-hydrogen) atoms. The lowest BCUT2D eigenvalue weighted by atomic mass is 10.0. The molecule has 0 radical (unpaired) electrons. The number of carbonyl (C=O) groups is 1. The first-order chi connectivity index (χ1) is 24.6. The van der Waals surface area contributed by atoms with Crippen molar-refractivity contribution in [2.75, 3.05) is 6.61 Å².